The van der Waals surface area contributed by atoms with Crippen LogP contribution >= 0.6 is 0 Å². The Morgan fingerprint density at radius 2 is 1.87 bits per heavy atom. The molecule has 0 radical (unpaired) electrons. The molecule has 1 heterocycles. The molecule has 0 aliphatic rings. The van der Waals surface area contributed by atoms with Crippen molar-refractivity contribution in [3.8, 4) is 0 Å². The van der Waals surface area contributed by atoms with Crippen molar-refractivity contribution in [3.63, 3.8) is 0 Å². The standard InChI is InChI=1S/C13H20N2/c1-2-3-4-5-6-7-8-9-13-10-14-12-15-11-13/h3-4,10-12H,2,5-9H2,1H3/b4-3-. The van der Waals surface area contributed by atoms with Crippen LogP contribution in [0.3, 0.4) is 0 Å². The summed E-state index contributed by atoms with van der Waals surface area (Å²) < 4.78 is 0. The van der Waals surface area contributed by atoms with Crippen LogP contribution in [0, 0.1) is 0 Å². The average molecular weight is 204 g/mol. The van der Waals surface area contributed by atoms with Crippen LogP contribution in [0.1, 0.15) is 44.6 Å². The van der Waals surface area contributed by atoms with Gasteiger partial charge < -0.3 is 0 Å². The van der Waals surface area contributed by atoms with Crippen LogP contribution in [0.5, 0.6) is 0 Å². The predicted octanol–water partition coefficient (Wildman–Crippen LogP) is 3.55. The SMILES string of the molecule is CC/C=C\CCCCCc1cncnc1. The highest BCUT2D eigenvalue weighted by Crippen LogP contribution is 2.06. The Hall–Kier alpha value is -1.18. The first-order chi connectivity index (χ1) is 7.43. The number of aryl methyl sites for hydroxylation is 1. The van der Waals surface area contributed by atoms with Crippen LogP contribution in [-0.2, 0) is 6.42 Å². The zero-order chi connectivity index (χ0) is 10.8. The van der Waals surface area contributed by atoms with Crippen molar-refractivity contribution >= 4 is 0 Å². The third-order valence-corrected chi connectivity index (χ3v) is 2.35. The Labute approximate surface area is 92.5 Å². The molecule has 0 bridgehead atoms. The Morgan fingerprint density at radius 1 is 1.07 bits per heavy atom. The van der Waals surface area contributed by atoms with E-state index in [0.717, 1.165) is 12.8 Å². The van der Waals surface area contributed by atoms with E-state index in [-0.39, 0.29) is 0 Å². The fourth-order valence-corrected chi connectivity index (χ4v) is 1.51. The van der Waals surface area contributed by atoms with Gasteiger partial charge in [-0.25, -0.2) is 9.97 Å². The Kier molecular flexibility index (Phi) is 6.47. The number of rotatable bonds is 7. The normalized spacial score (nSPS) is 11.0. The molecule has 2 nitrogen and oxygen atoms in total. The van der Waals surface area contributed by atoms with Gasteiger partial charge in [-0.05, 0) is 37.7 Å². The summed E-state index contributed by atoms with van der Waals surface area (Å²) in [7, 11) is 0. The van der Waals surface area contributed by atoms with Gasteiger partial charge in [0.25, 0.3) is 0 Å². The molecule has 0 fully saturated rings. The Bertz CT molecular complexity index is 267. The zero-order valence-corrected chi connectivity index (χ0v) is 9.52. The highest BCUT2D eigenvalue weighted by atomic mass is 14.8. The number of aromatic nitrogens is 2. The summed E-state index contributed by atoms with van der Waals surface area (Å²) in [6.07, 6.45) is 17.2. The van der Waals surface area contributed by atoms with E-state index in [2.05, 4.69) is 29.0 Å². The predicted molar refractivity (Wildman–Crippen MR) is 63.6 cm³/mol. The summed E-state index contributed by atoms with van der Waals surface area (Å²) in [6.45, 7) is 2.17. The van der Waals surface area contributed by atoms with Crippen LogP contribution in [-0.4, -0.2) is 9.97 Å². The molecule has 0 aliphatic heterocycles. The summed E-state index contributed by atoms with van der Waals surface area (Å²) in [6, 6.07) is 0. The van der Waals surface area contributed by atoms with E-state index in [4.69, 9.17) is 0 Å². The molecule has 0 saturated carbocycles. The van der Waals surface area contributed by atoms with Gasteiger partial charge in [0.2, 0.25) is 0 Å². The lowest BCUT2D eigenvalue weighted by Gasteiger charge is -1.99. The maximum absolute atomic E-state index is 4.00. The summed E-state index contributed by atoms with van der Waals surface area (Å²) in [5.41, 5.74) is 1.25. The van der Waals surface area contributed by atoms with Crippen molar-refractivity contribution in [2.45, 2.75) is 45.4 Å². The molecule has 82 valence electrons. The van der Waals surface area contributed by atoms with Crippen LogP contribution in [0.15, 0.2) is 30.9 Å². The third-order valence-electron chi connectivity index (χ3n) is 2.35. The second-order valence-corrected chi connectivity index (χ2v) is 3.73. The number of hydrogen-bond donors (Lipinski definition) is 0. The quantitative estimate of drug-likeness (QED) is 0.501. The minimum Gasteiger partial charge on any atom is -0.245 e. The maximum atomic E-state index is 4.00. The molecule has 0 N–H and O–H groups in total. The fraction of sp³-hybridized carbons (Fsp3) is 0.538. The van der Waals surface area contributed by atoms with Crippen LogP contribution in [0.2, 0.25) is 0 Å². The molecule has 1 aromatic rings. The van der Waals surface area contributed by atoms with Gasteiger partial charge in [-0.2, -0.15) is 0 Å². The first-order valence-electron chi connectivity index (χ1n) is 5.82. The van der Waals surface area contributed by atoms with Crippen LogP contribution < -0.4 is 0 Å². The average Bonchev–Trinajstić information content (AvgIpc) is 2.29. The maximum Gasteiger partial charge on any atom is 0.115 e. The summed E-state index contributed by atoms with van der Waals surface area (Å²) in [5.74, 6) is 0. The largest absolute Gasteiger partial charge is 0.245 e. The van der Waals surface area contributed by atoms with Crippen molar-refractivity contribution in [2.75, 3.05) is 0 Å². The summed E-state index contributed by atoms with van der Waals surface area (Å²) in [4.78, 5) is 8.00. The van der Waals surface area contributed by atoms with Crippen molar-refractivity contribution < 1.29 is 0 Å². The van der Waals surface area contributed by atoms with Crippen molar-refractivity contribution in [1.82, 2.24) is 9.97 Å². The molecule has 0 atom stereocenters. The van der Waals surface area contributed by atoms with Gasteiger partial charge in [-0.15, -0.1) is 0 Å². The van der Waals surface area contributed by atoms with Gasteiger partial charge in [-0.1, -0.05) is 25.5 Å². The van der Waals surface area contributed by atoms with Crippen molar-refractivity contribution in [2.24, 2.45) is 0 Å². The molecule has 0 unspecified atom stereocenters. The van der Waals surface area contributed by atoms with Gasteiger partial charge in [0.05, 0.1) is 0 Å². The zero-order valence-electron chi connectivity index (χ0n) is 9.52. The molecular weight excluding hydrogens is 184 g/mol. The van der Waals surface area contributed by atoms with Gasteiger partial charge in [0.1, 0.15) is 6.33 Å². The topological polar surface area (TPSA) is 25.8 Å². The Morgan fingerprint density at radius 3 is 2.60 bits per heavy atom. The van der Waals surface area contributed by atoms with Crippen LogP contribution in [0.25, 0.3) is 0 Å². The summed E-state index contributed by atoms with van der Waals surface area (Å²) >= 11 is 0. The van der Waals surface area contributed by atoms with Gasteiger partial charge >= 0.3 is 0 Å². The summed E-state index contributed by atoms with van der Waals surface area (Å²) in [5, 5.41) is 0. The fourth-order valence-electron chi connectivity index (χ4n) is 1.51. The molecule has 15 heavy (non-hydrogen) atoms. The lowest BCUT2D eigenvalue weighted by atomic mass is 10.1. The first kappa shape index (κ1) is 11.9. The Balaban J connectivity index is 2.00. The van der Waals surface area contributed by atoms with E-state index in [1.807, 2.05) is 12.4 Å². The van der Waals surface area contributed by atoms with E-state index in [9.17, 15) is 0 Å². The number of hydrogen-bond acceptors (Lipinski definition) is 2. The molecule has 0 aliphatic carbocycles. The lowest BCUT2D eigenvalue weighted by molar-refractivity contribution is 0.684. The molecule has 1 rings (SSSR count). The number of nitrogens with zero attached hydrogens (tertiary/aromatic N) is 2. The molecule has 0 spiro atoms. The van der Waals surface area contributed by atoms with E-state index >= 15 is 0 Å². The van der Waals surface area contributed by atoms with E-state index in [1.165, 1.54) is 31.2 Å². The molecule has 0 saturated heterocycles. The second kappa shape index (κ2) is 8.16. The second-order valence-electron chi connectivity index (χ2n) is 3.73. The first-order valence-corrected chi connectivity index (χ1v) is 5.82. The van der Waals surface area contributed by atoms with Gasteiger partial charge in [0, 0.05) is 12.4 Å². The molecule has 2 heteroatoms. The van der Waals surface area contributed by atoms with E-state index in [0.29, 0.717) is 0 Å². The molecule has 1 aromatic heterocycles. The van der Waals surface area contributed by atoms with Gasteiger partial charge in [0.15, 0.2) is 0 Å². The van der Waals surface area contributed by atoms with Crippen molar-refractivity contribution in [3.05, 3.63) is 36.4 Å². The number of unbranched alkanes of at least 4 members (excludes halogenated alkanes) is 3. The van der Waals surface area contributed by atoms with Gasteiger partial charge in [-0.3, -0.25) is 0 Å². The molecule has 0 aromatic carbocycles. The molecular formula is C13H20N2. The van der Waals surface area contributed by atoms with Crippen LogP contribution in [0.4, 0.5) is 0 Å². The monoisotopic (exact) mass is 204 g/mol. The highest BCUT2D eigenvalue weighted by molar-refractivity contribution is 5.01. The minimum absolute atomic E-state index is 1.11. The number of allylic oxidation sites excluding steroid dienone is 2. The smallest absolute Gasteiger partial charge is 0.115 e. The van der Waals surface area contributed by atoms with E-state index < -0.39 is 0 Å². The molecule has 0 amide bonds. The minimum atomic E-state index is 1.11. The third kappa shape index (κ3) is 6.00. The van der Waals surface area contributed by atoms with E-state index in [1.54, 1.807) is 6.33 Å². The van der Waals surface area contributed by atoms with Crippen molar-refractivity contribution in [1.29, 1.82) is 0 Å². The lowest BCUT2D eigenvalue weighted by Crippen LogP contribution is -1.88. The highest BCUT2D eigenvalue weighted by Gasteiger charge is 1.92.